The van der Waals surface area contributed by atoms with Gasteiger partial charge in [0, 0.05) is 19.4 Å². The Kier molecular flexibility index (Phi) is 4.21. The molecule has 0 unspecified atom stereocenters. The Morgan fingerprint density at radius 2 is 2.13 bits per heavy atom. The molecule has 0 bridgehead atoms. The molecule has 1 aromatic carbocycles. The van der Waals surface area contributed by atoms with Crippen molar-refractivity contribution in [1.29, 1.82) is 0 Å². The van der Waals surface area contributed by atoms with Crippen molar-refractivity contribution < 1.29 is 9.18 Å². The van der Waals surface area contributed by atoms with Crippen LogP contribution in [0.1, 0.15) is 30.4 Å². The van der Waals surface area contributed by atoms with Crippen LogP contribution in [-0.4, -0.2) is 21.2 Å². The number of aromatic nitrogens is 2. The van der Waals surface area contributed by atoms with E-state index in [1.54, 1.807) is 29.8 Å². The summed E-state index contributed by atoms with van der Waals surface area (Å²) in [4.78, 5) is 28.7. The highest BCUT2D eigenvalue weighted by Crippen LogP contribution is 2.36. The Bertz CT molecular complexity index is 835. The summed E-state index contributed by atoms with van der Waals surface area (Å²) in [6.07, 6.45) is 0.0329. The summed E-state index contributed by atoms with van der Waals surface area (Å²) in [5, 5.41) is 3.27. The molecule has 1 atom stereocenters. The summed E-state index contributed by atoms with van der Waals surface area (Å²) in [6.45, 7) is 1.96. The summed E-state index contributed by atoms with van der Waals surface area (Å²) >= 11 is 1.42. The number of rotatable bonds is 3. The van der Waals surface area contributed by atoms with Crippen LogP contribution in [0.25, 0.3) is 0 Å². The highest BCUT2D eigenvalue weighted by atomic mass is 32.2. The number of nitrogens with one attached hydrogen (secondary N) is 1. The molecular weight excluding hydrogens is 317 g/mol. The van der Waals surface area contributed by atoms with Crippen molar-refractivity contribution in [2.24, 2.45) is 7.05 Å². The van der Waals surface area contributed by atoms with Gasteiger partial charge in [0.05, 0.1) is 5.56 Å². The number of thioether (sulfide) groups is 1. The van der Waals surface area contributed by atoms with Crippen LogP contribution in [0.3, 0.4) is 0 Å². The average molecular weight is 333 g/mol. The van der Waals surface area contributed by atoms with Gasteiger partial charge in [-0.25, -0.2) is 4.39 Å². The number of carbonyl (C=O) groups is 1. The summed E-state index contributed by atoms with van der Waals surface area (Å²) in [5.41, 5.74) is 0.276. The van der Waals surface area contributed by atoms with E-state index >= 15 is 0 Å². The lowest BCUT2D eigenvalue weighted by molar-refractivity contribution is -0.116. The summed E-state index contributed by atoms with van der Waals surface area (Å²) in [6, 6.07) is 6.22. The van der Waals surface area contributed by atoms with Gasteiger partial charge in [0.25, 0.3) is 5.56 Å². The second-order valence-corrected chi connectivity index (χ2v) is 6.51. The Morgan fingerprint density at radius 3 is 2.83 bits per heavy atom. The second-order valence-electron chi connectivity index (χ2n) is 5.28. The number of carbonyl (C=O) groups excluding carboxylic acids is 1. The smallest absolute Gasteiger partial charge is 0.279 e. The lowest BCUT2D eigenvalue weighted by atomic mass is 9.86. The van der Waals surface area contributed by atoms with Gasteiger partial charge in [-0.2, -0.15) is 4.98 Å². The molecule has 1 aliphatic heterocycles. The highest BCUT2D eigenvalue weighted by molar-refractivity contribution is 7.99. The molecule has 0 saturated heterocycles. The molecule has 1 amide bonds. The largest absolute Gasteiger partial charge is 0.312 e. The molecule has 7 heteroatoms. The van der Waals surface area contributed by atoms with Crippen molar-refractivity contribution >= 4 is 23.5 Å². The standard InChI is InChI=1S/C16H16FN3O2S/c1-3-23-16-19-15(22)13-10(9-6-4-5-7-11(9)17)8-12(21)18-14(13)20(16)2/h4-7,10H,3,8H2,1-2H3,(H,18,21)/t10-/m1/s1. The first kappa shape index (κ1) is 15.7. The highest BCUT2D eigenvalue weighted by Gasteiger charge is 2.33. The van der Waals surface area contributed by atoms with E-state index in [0.29, 0.717) is 22.1 Å². The molecule has 23 heavy (non-hydrogen) atoms. The molecule has 0 fully saturated rings. The normalized spacial score (nSPS) is 16.8. The van der Waals surface area contributed by atoms with Crippen LogP contribution < -0.4 is 10.9 Å². The number of nitrogens with zero attached hydrogens (tertiary/aromatic N) is 2. The molecule has 0 radical (unpaired) electrons. The number of halogens is 1. The fraction of sp³-hybridized carbons (Fsp3) is 0.312. The van der Waals surface area contributed by atoms with Crippen molar-refractivity contribution in [3.63, 3.8) is 0 Å². The van der Waals surface area contributed by atoms with Crippen LogP contribution in [0.4, 0.5) is 10.2 Å². The minimum atomic E-state index is -0.619. The van der Waals surface area contributed by atoms with Crippen LogP contribution in [0.5, 0.6) is 0 Å². The van der Waals surface area contributed by atoms with Gasteiger partial charge in [-0.1, -0.05) is 36.9 Å². The first-order valence-corrected chi connectivity index (χ1v) is 8.29. The maximum Gasteiger partial charge on any atom is 0.279 e. The van der Waals surface area contributed by atoms with E-state index < -0.39 is 17.3 Å². The van der Waals surface area contributed by atoms with Crippen LogP contribution in [0, 0.1) is 5.82 Å². The van der Waals surface area contributed by atoms with Crippen molar-refractivity contribution in [3.05, 3.63) is 51.6 Å². The van der Waals surface area contributed by atoms with Crippen molar-refractivity contribution in [2.75, 3.05) is 11.1 Å². The fourth-order valence-corrected chi connectivity index (χ4v) is 3.51. The molecular formula is C16H16FN3O2S. The molecule has 120 valence electrons. The molecule has 2 heterocycles. The van der Waals surface area contributed by atoms with Gasteiger partial charge in [-0.15, -0.1) is 0 Å². The fourth-order valence-electron chi connectivity index (χ4n) is 2.82. The lowest BCUT2D eigenvalue weighted by Crippen LogP contribution is -2.33. The topological polar surface area (TPSA) is 64.0 Å². The van der Waals surface area contributed by atoms with Gasteiger partial charge in [-0.3, -0.25) is 9.59 Å². The van der Waals surface area contributed by atoms with Gasteiger partial charge in [0.2, 0.25) is 5.91 Å². The van der Waals surface area contributed by atoms with Crippen LogP contribution in [0.2, 0.25) is 0 Å². The lowest BCUT2D eigenvalue weighted by Gasteiger charge is -2.27. The zero-order valence-corrected chi connectivity index (χ0v) is 13.6. The molecule has 1 aromatic heterocycles. The van der Waals surface area contributed by atoms with Gasteiger partial charge in [0.15, 0.2) is 5.16 Å². The van der Waals surface area contributed by atoms with Gasteiger partial charge >= 0.3 is 0 Å². The van der Waals surface area contributed by atoms with E-state index in [2.05, 4.69) is 10.3 Å². The number of fused-ring (bicyclic) bond motifs is 1. The molecule has 0 aliphatic carbocycles. The predicted octanol–water partition coefficient (Wildman–Crippen LogP) is 2.51. The van der Waals surface area contributed by atoms with Crippen LogP contribution in [0.15, 0.2) is 34.2 Å². The van der Waals surface area contributed by atoms with Crippen LogP contribution in [-0.2, 0) is 11.8 Å². The number of amides is 1. The summed E-state index contributed by atoms with van der Waals surface area (Å²) in [7, 11) is 1.74. The van der Waals surface area contributed by atoms with Crippen molar-refractivity contribution in [3.8, 4) is 0 Å². The molecule has 1 aliphatic rings. The van der Waals surface area contributed by atoms with E-state index in [0.717, 1.165) is 5.75 Å². The van der Waals surface area contributed by atoms with E-state index in [4.69, 9.17) is 0 Å². The van der Waals surface area contributed by atoms with E-state index in [9.17, 15) is 14.0 Å². The molecule has 0 saturated carbocycles. The van der Waals surface area contributed by atoms with Gasteiger partial charge in [-0.05, 0) is 17.4 Å². The Balaban J connectivity index is 2.23. The number of hydrogen-bond acceptors (Lipinski definition) is 4. The van der Waals surface area contributed by atoms with Crippen molar-refractivity contribution in [1.82, 2.24) is 9.55 Å². The van der Waals surface area contributed by atoms with E-state index in [1.165, 1.54) is 17.8 Å². The van der Waals surface area contributed by atoms with E-state index in [-0.39, 0.29) is 12.3 Å². The van der Waals surface area contributed by atoms with Crippen LogP contribution >= 0.6 is 11.8 Å². The Morgan fingerprint density at radius 1 is 1.39 bits per heavy atom. The predicted molar refractivity (Wildman–Crippen MR) is 87.4 cm³/mol. The first-order chi connectivity index (χ1) is 11.0. The zero-order valence-electron chi connectivity index (χ0n) is 12.8. The molecule has 2 aromatic rings. The summed E-state index contributed by atoms with van der Waals surface area (Å²) in [5.74, 6) is -0.118. The third-order valence-corrected chi connectivity index (χ3v) is 4.77. The number of hydrogen-bond donors (Lipinski definition) is 1. The average Bonchev–Trinajstić information content (AvgIpc) is 2.52. The minimum Gasteiger partial charge on any atom is -0.312 e. The third kappa shape index (κ3) is 2.76. The molecule has 0 spiro atoms. The Labute approximate surface area is 136 Å². The summed E-state index contributed by atoms with van der Waals surface area (Å²) < 4.78 is 15.9. The van der Waals surface area contributed by atoms with Gasteiger partial charge < -0.3 is 9.88 Å². The Hall–Kier alpha value is -2.15. The van der Waals surface area contributed by atoms with Crippen molar-refractivity contribution in [2.45, 2.75) is 24.4 Å². The van der Waals surface area contributed by atoms with Gasteiger partial charge in [0.1, 0.15) is 11.6 Å². The third-order valence-electron chi connectivity index (χ3n) is 3.85. The molecule has 3 rings (SSSR count). The quantitative estimate of drug-likeness (QED) is 0.692. The minimum absolute atomic E-state index is 0.0329. The maximum atomic E-state index is 14.2. The second kappa shape index (κ2) is 6.16. The maximum absolute atomic E-state index is 14.2. The number of benzene rings is 1. The number of anilines is 1. The monoisotopic (exact) mass is 333 g/mol. The first-order valence-electron chi connectivity index (χ1n) is 7.31. The molecule has 1 N–H and O–H groups in total. The SMILES string of the molecule is CCSc1nc(=O)c2c(n1C)NC(=O)C[C@@H]2c1ccccc1F. The zero-order chi connectivity index (χ0) is 16.6. The molecule has 5 nitrogen and oxygen atoms in total. The van der Waals surface area contributed by atoms with E-state index in [1.807, 2.05) is 6.92 Å².